The molecule has 0 fully saturated rings. The third-order valence-corrected chi connectivity index (χ3v) is 7.65. The molecule has 10 heteroatoms. The molecule has 1 aliphatic carbocycles. The molecule has 202 valence electrons. The number of carbonyl (C=O) groups is 3. The van der Waals surface area contributed by atoms with Crippen molar-refractivity contribution in [2.24, 2.45) is 0 Å². The predicted molar refractivity (Wildman–Crippen MR) is 149 cm³/mol. The van der Waals surface area contributed by atoms with E-state index in [4.69, 9.17) is 18.9 Å². The van der Waals surface area contributed by atoms with Crippen LogP contribution in [0.3, 0.4) is 0 Å². The molecular weight excluding hydrogens is 530 g/mol. The molecule has 1 aliphatic heterocycles. The van der Waals surface area contributed by atoms with Gasteiger partial charge < -0.3 is 24.5 Å². The van der Waals surface area contributed by atoms with E-state index in [0.717, 1.165) is 28.1 Å². The molecule has 0 saturated heterocycles. The number of esters is 2. The van der Waals surface area contributed by atoms with Crippen LogP contribution in [-0.4, -0.2) is 36.2 Å². The van der Waals surface area contributed by atoms with Gasteiger partial charge in [-0.2, -0.15) is 0 Å². The molecule has 2 N–H and O–H groups in total. The van der Waals surface area contributed by atoms with Gasteiger partial charge in [0.25, 0.3) is 0 Å². The van der Waals surface area contributed by atoms with Gasteiger partial charge >= 0.3 is 18.0 Å². The summed E-state index contributed by atoms with van der Waals surface area (Å²) in [7, 11) is 0. The summed E-state index contributed by atoms with van der Waals surface area (Å²) in [6, 6.07) is 13.3. The van der Waals surface area contributed by atoms with Crippen LogP contribution in [0.2, 0.25) is 0 Å². The van der Waals surface area contributed by atoms with Crippen LogP contribution in [0.15, 0.2) is 75.9 Å². The van der Waals surface area contributed by atoms with Gasteiger partial charge in [-0.25, -0.2) is 19.4 Å². The number of hydrogen-bond donors (Lipinski definition) is 2. The van der Waals surface area contributed by atoms with Crippen molar-refractivity contribution in [2.75, 3.05) is 13.2 Å². The number of para-hydroxylation sites is 1. The minimum Gasteiger partial charge on any atom is -0.467 e. The van der Waals surface area contributed by atoms with Gasteiger partial charge in [0, 0.05) is 10.3 Å². The standard InChI is InChI=1S/C30H25N3O6S/c1-2-37-29(35)25-22(32-30(36)33-27(25)23-10-5-13-38-23)16-39-28(34)24-19-8-3-4-9-21(19)31-26-17(11-12-20(24)26)15-18-7-6-14-40-18/h3-10,13-15,27H,2,11-12,16H2,1H3,(H2,32,33,36)/b17-15+. The number of carbonyl (C=O) groups excluding carboxylic acids is 3. The van der Waals surface area contributed by atoms with E-state index in [1.807, 2.05) is 41.8 Å². The first-order valence-corrected chi connectivity index (χ1v) is 13.8. The summed E-state index contributed by atoms with van der Waals surface area (Å²) >= 11 is 1.64. The summed E-state index contributed by atoms with van der Waals surface area (Å²) in [5.41, 5.74) is 4.05. The van der Waals surface area contributed by atoms with Gasteiger partial charge in [0.15, 0.2) is 0 Å². The Bertz CT molecular complexity index is 1670. The fourth-order valence-electron chi connectivity index (χ4n) is 5.12. The Morgan fingerprint density at radius 1 is 1.10 bits per heavy atom. The number of ether oxygens (including phenoxy) is 2. The van der Waals surface area contributed by atoms with Crippen molar-refractivity contribution < 1.29 is 28.3 Å². The molecule has 0 saturated carbocycles. The molecule has 9 nitrogen and oxygen atoms in total. The Labute approximate surface area is 233 Å². The second-order valence-electron chi connectivity index (χ2n) is 9.25. The van der Waals surface area contributed by atoms with E-state index >= 15 is 0 Å². The number of amides is 2. The second-order valence-corrected chi connectivity index (χ2v) is 10.2. The minimum atomic E-state index is -0.896. The zero-order valence-corrected chi connectivity index (χ0v) is 22.4. The number of nitrogens with one attached hydrogen (secondary N) is 2. The van der Waals surface area contributed by atoms with Crippen LogP contribution in [0.5, 0.6) is 0 Å². The first-order chi connectivity index (χ1) is 19.5. The number of thiophene rings is 1. The van der Waals surface area contributed by atoms with Crippen LogP contribution < -0.4 is 10.6 Å². The molecule has 6 rings (SSSR count). The molecular formula is C30H25N3O6S. The van der Waals surface area contributed by atoms with E-state index in [2.05, 4.69) is 16.7 Å². The number of furan rings is 1. The summed E-state index contributed by atoms with van der Waals surface area (Å²) < 4.78 is 16.5. The van der Waals surface area contributed by atoms with Crippen molar-refractivity contribution in [1.82, 2.24) is 15.6 Å². The zero-order chi connectivity index (χ0) is 27.6. The maximum absolute atomic E-state index is 13.7. The average Bonchev–Trinajstić information content (AvgIpc) is 3.74. The van der Waals surface area contributed by atoms with E-state index < -0.39 is 24.0 Å². The lowest BCUT2D eigenvalue weighted by Crippen LogP contribution is -2.47. The van der Waals surface area contributed by atoms with E-state index in [1.54, 1.807) is 30.4 Å². The number of pyridine rings is 1. The Balaban J connectivity index is 1.37. The van der Waals surface area contributed by atoms with Gasteiger partial charge in [0.2, 0.25) is 0 Å². The van der Waals surface area contributed by atoms with Crippen molar-refractivity contribution in [3.05, 3.63) is 98.9 Å². The lowest BCUT2D eigenvalue weighted by Gasteiger charge is -2.27. The maximum Gasteiger partial charge on any atom is 0.339 e. The fraction of sp³-hybridized carbons (Fsp3) is 0.200. The van der Waals surface area contributed by atoms with E-state index in [0.29, 0.717) is 28.6 Å². The van der Waals surface area contributed by atoms with Gasteiger partial charge in [-0.15, -0.1) is 11.3 Å². The molecule has 4 heterocycles. The highest BCUT2D eigenvalue weighted by molar-refractivity contribution is 7.10. The minimum absolute atomic E-state index is 0.107. The van der Waals surface area contributed by atoms with Gasteiger partial charge in [0.1, 0.15) is 18.4 Å². The van der Waals surface area contributed by atoms with E-state index in [9.17, 15) is 14.4 Å². The number of benzene rings is 1. The van der Waals surface area contributed by atoms with Crippen LogP contribution in [-0.2, 0) is 20.7 Å². The summed E-state index contributed by atoms with van der Waals surface area (Å²) in [6.45, 7) is 1.47. The molecule has 40 heavy (non-hydrogen) atoms. The van der Waals surface area contributed by atoms with E-state index in [1.165, 1.54) is 6.26 Å². The van der Waals surface area contributed by atoms with Crippen molar-refractivity contribution >= 4 is 51.9 Å². The fourth-order valence-corrected chi connectivity index (χ4v) is 5.80. The van der Waals surface area contributed by atoms with Crippen molar-refractivity contribution in [3.63, 3.8) is 0 Å². The lowest BCUT2D eigenvalue weighted by atomic mass is 10.00. The van der Waals surface area contributed by atoms with Crippen LogP contribution in [0.1, 0.15) is 51.6 Å². The Morgan fingerprint density at radius 2 is 1.98 bits per heavy atom. The number of aromatic nitrogens is 1. The highest BCUT2D eigenvalue weighted by Crippen LogP contribution is 2.38. The number of allylic oxidation sites excluding steroid dienone is 1. The smallest absolute Gasteiger partial charge is 0.339 e. The van der Waals surface area contributed by atoms with Gasteiger partial charge in [-0.05, 0) is 66.6 Å². The molecule has 3 aromatic heterocycles. The molecule has 1 aromatic carbocycles. The summed E-state index contributed by atoms with van der Waals surface area (Å²) in [6.07, 6.45) is 4.96. The monoisotopic (exact) mass is 555 g/mol. The third kappa shape index (κ3) is 4.77. The number of nitrogens with zero attached hydrogens (tertiary/aromatic N) is 1. The maximum atomic E-state index is 13.7. The first kappa shape index (κ1) is 25.6. The molecule has 0 radical (unpaired) electrons. The predicted octanol–water partition coefficient (Wildman–Crippen LogP) is 5.40. The summed E-state index contributed by atoms with van der Waals surface area (Å²) in [4.78, 5) is 45.2. The normalized spacial score (nSPS) is 17.5. The third-order valence-electron chi connectivity index (χ3n) is 6.83. The molecule has 0 spiro atoms. The van der Waals surface area contributed by atoms with Crippen LogP contribution in [0.4, 0.5) is 4.79 Å². The highest BCUT2D eigenvalue weighted by Gasteiger charge is 2.36. The number of hydrogen-bond acceptors (Lipinski definition) is 8. The van der Waals surface area contributed by atoms with Gasteiger partial charge in [-0.3, -0.25) is 0 Å². The average molecular weight is 556 g/mol. The zero-order valence-electron chi connectivity index (χ0n) is 21.6. The van der Waals surface area contributed by atoms with Crippen LogP contribution in [0, 0.1) is 0 Å². The van der Waals surface area contributed by atoms with Crippen molar-refractivity contribution in [3.8, 4) is 0 Å². The van der Waals surface area contributed by atoms with E-state index in [-0.39, 0.29) is 24.5 Å². The molecule has 1 unspecified atom stereocenters. The topological polar surface area (TPSA) is 120 Å². The SMILES string of the molecule is CCOC(=O)C1=C(COC(=O)c2c3c(nc4ccccc24)/C(=C/c2cccs2)CC3)NC(=O)NC1c1ccco1. The molecule has 2 aliphatic rings. The molecule has 4 aromatic rings. The van der Waals surface area contributed by atoms with Crippen molar-refractivity contribution in [2.45, 2.75) is 25.8 Å². The second kappa shape index (κ2) is 10.8. The molecule has 1 atom stereocenters. The Kier molecular flexibility index (Phi) is 6.91. The lowest BCUT2D eigenvalue weighted by molar-refractivity contribution is -0.139. The van der Waals surface area contributed by atoms with Crippen molar-refractivity contribution in [1.29, 1.82) is 0 Å². The molecule has 0 bridgehead atoms. The van der Waals surface area contributed by atoms with Gasteiger partial charge in [-0.1, -0.05) is 24.3 Å². The summed E-state index contributed by atoms with van der Waals surface area (Å²) in [5, 5.41) is 8.01. The highest BCUT2D eigenvalue weighted by atomic mass is 32.1. The van der Waals surface area contributed by atoms with Gasteiger partial charge in [0.05, 0.1) is 40.9 Å². The first-order valence-electron chi connectivity index (χ1n) is 12.9. The van der Waals surface area contributed by atoms with Crippen LogP contribution >= 0.6 is 11.3 Å². The summed E-state index contributed by atoms with van der Waals surface area (Å²) in [5.74, 6) is -0.865. The Hall–Kier alpha value is -4.70. The number of fused-ring (bicyclic) bond motifs is 2. The van der Waals surface area contributed by atoms with Crippen LogP contribution in [0.25, 0.3) is 22.6 Å². The Morgan fingerprint density at radius 3 is 2.75 bits per heavy atom. The quantitative estimate of drug-likeness (QED) is 0.293. The number of urea groups is 1. The molecule has 2 amide bonds. The largest absolute Gasteiger partial charge is 0.467 e. The number of rotatable bonds is 7.